The number of carboxylic acid groups (broad SMARTS) is 1. The predicted molar refractivity (Wildman–Crippen MR) is 66.2 cm³/mol. The minimum absolute atomic E-state index is 0.0341. The van der Waals surface area contributed by atoms with E-state index in [2.05, 4.69) is 5.32 Å². The maximum atomic E-state index is 11.6. The van der Waals surface area contributed by atoms with Crippen molar-refractivity contribution in [3.63, 3.8) is 0 Å². The topological polar surface area (TPSA) is 86.6 Å². The number of nitrogens with one attached hydrogen (secondary N) is 1. The fourth-order valence-electron chi connectivity index (χ4n) is 1.57. The normalized spacial score (nSPS) is 11.8. The molecule has 0 aliphatic heterocycles. The molecule has 1 rings (SSSR count). The van der Waals surface area contributed by atoms with Crippen molar-refractivity contribution in [1.29, 1.82) is 0 Å². The Kier molecular flexibility index (Phi) is 5.17. The van der Waals surface area contributed by atoms with Crippen molar-refractivity contribution in [2.45, 2.75) is 19.8 Å². The smallest absolute Gasteiger partial charge is 0.303 e. The average Bonchev–Trinajstić information content (AvgIpc) is 2.25. The first-order valence-corrected chi connectivity index (χ1v) is 5.73. The molecule has 1 aromatic carbocycles. The van der Waals surface area contributed by atoms with E-state index in [1.165, 1.54) is 12.1 Å². The largest absolute Gasteiger partial charge is 0.508 e. The number of benzene rings is 1. The van der Waals surface area contributed by atoms with Crippen LogP contribution in [0.15, 0.2) is 24.3 Å². The molecule has 3 N–H and O–H groups in total. The molecule has 18 heavy (non-hydrogen) atoms. The second-order valence-corrected chi connectivity index (χ2v) is 4.35. The first-order chi connectivity index (χ1) is 8.47. The van der Waals surface area contributed by atoms with Crippen molar-refractivity contribution in [3.05, 3.63) is 29.8 Å². The number of carboxylic acids is 1. The molecular weight excluding hydrogens is 234 g/mol. The molecule has 0 bridgehead atoms. The summed E-state index contributed by atoms with van der Waals surface area (Å²) in [5.74, 6) is -1.03. The lowest BCUT2D eigenvalue weighted by molar-refractivity contribution is -0.138. The fourth-order valence-corrected chi connectivity index (χ4v) is 1.57. The maximum Gasteiger partial charge on any atom is 0.303 e. The second kappa shape index (κ2) is 6.64. The lowest BCUT2D eigenvalue weighted by atomic mass is 10.1. The Bertz CT molecular complexity index is 431. The molecule has 0 fully saturated rings. The van der Waals surface area contributed by atoms with Gasteiger partial charge in [0, 0.05) is 13.0 Å². The van der Waals surface area contributed by atoms with Gasteiger partial charge in [-0.15, -0.1) is 0 Å². The van der Waals surface area contributed by atoms with Gasteiger partial charge in [-0.05, 0) is 23.6 Å². The van der Waals surface area contributed by atoms with Crippen LogP contribution in [0.25, 0.3) is 0 Å². The minimum Gasteiger partial charge on any atom is -0.508 e. The van der Waals surface area contributed by atoms with E-state index in [9.17, 15) is 14.7 Å². The number of amides is 1. The SMILES string of the molecule is CC(CNC(=O)Cc1cccc(O)c1)CC(=O)O. The van der Waals surface area contributed by atoms with Crippen LogP contribution in [0.1, 0.15) is 18.9 Å². The van der Waals surface area contributed by atoms with Gasteiger partial charge in [0.05, 0.1) is 6.42 Å². The number of phenols is 1. The van der Waals surface area contributed by atoms with Crippen LogP contribution < -0.4 is 5.32 Å². The molecule has 1 amide bonds. The summed E-state index contributed by atoms with van der Waals surface area (Å²) in [7, 11) is 0. The van der Waals surface area contributed by atoms with Crippen molar-refractivity contribution < 1.29 is 19.8 Å². The Hall–Kier alpha value is -2.04. The van der Waals surface area contributed by atoms with Gasteiger partial charge >= 0.3 is 5.97 Å². The monoisotopic (exact) mass is 251 g/mol. The predicted octanol–water partition coefficient (Wildman–Crippen LogP) is 1.16. The Balaban J connectivity index is 2.36. The Morgan fingerprint density at radius 3 is 2.72 bits per heavy atom. The fraction of sp³-hybridized carbons (Fsp3) is 0.385. The molecule has 0 aliphatic carbocycles. The summed E-state index contributed by atoms with van der Waals surface area (Å²) in [6.45, 7) is 2.10. The molecule has 1 unspecified atom stereocenters. The van der Waals surface area contributed by atoms with Gasteiger partial charge in [-0.1, -0.05) is 19.1 Å². The molecule has 0 aromatic heterocycles. The van der Waals surface area contributed by atoms with Crippen LogP contribution in [0.3, 0.4) is 0 Å². The van der Waals surface area contributed by atoms with Crippen LogP contribution in [0, 0.1) is 5.92 Å². The highest BCUT2D eigenvalue weighted by atomic mass is 16.4. The number of aliphatic carboxylic acids is 1. The van der Waals surface area contributed by atoms with Gasteiger partial charge in [0.1, 0.15) is 5.75 Å². The van der Waals surface area contributed by atoms with Crippen molar-refractivity contribution in [2.24, 2.45) is 5.92 Å². The van der Waals surface area contributed by atoms with Crippen molar-refractivity contribution in [3.8, 4) is 5.75 Å². The van der Waals surface area contributed by atoms with Crippen molar-refractivity contribution in [1.82, 2.24) is 5.32 Å². The van der Waals surface area contributed by atoms with Crippen LogP contribution in [0.5, 0.6) is 5.75 Å². The lowest BCUT2D eigenvalue weighted by Gasteiger charge is -2.10. The first-order valence-electron chi connectivity index (χ1n) is 5.73. The highest BCUT2D eigenvalue weighted by Gasteiger charge is 2.09. The third kappa shape index (κ3) is 5.34. The van der Waals surface area contributed by atoms with Gasteiger partial charge in [0.15, 0.2) is 0 Å². The number of carbonyl (C=O) groups is 2. The van der Waals surface area contributed by atoms with E-state index in [-0.39, 0.29) is 30.4 Å². The van der Waals surface area contributed by atoms with E-state index in [0.29, 0.717) is 6.54 Å². The van der Waals surface area contributed by atoms with E-state index < -0.39 is 5.97 Å². The zero-order valence-corrected chi connectivity index (χ0v) is 10.2. The third-order valence-electron chi connectivity index (χ3n) is 2.45. The molecule has 0 heterocycles. The number of carbonyl (C=O) groups excluding carboxylic acids is 1. The molecule has 1 aromatic rings. The molecule has 0 aliphatic rings. The summed E-state index contributed by atoms with van der Waals surface area (Å²) in [6.07, 6.45) is 0.209. The molecule has 0 saturated heterocycles. The zero-order chi connectivity index (χ0) is 13.5. The summed E-state index contributed by atoms with van der Waals surface area (Å²) in [4.78, 5) is 22.0. The van der Waals surface area contributed by atoms with Crippen LogP contribution in [-0.2, 0) is 16.0 Å². The molecule has 0 saturated carbocycles. The number of hydrogen-bond acceptors (Lipinski definition) is 3. The molecule has 0 radical (unpaired) electrons. The van der Waals surface area contributed by atoms with E-state index in [1.807, 2.05) is 0 Å². The number of rotatable bonds is 6. The standard InChI is InChI=1S/C13H17NO4/c1-9(5-13(17)18)8-14-12(16)7-10-3-2-4-11(15)6-10/h2-4,6,9,15H,5,7-8H2,1H3,(H,14,16)(H,17,18). The molecular formula is C13H17NO4. The lowest BCUT2D eigenvalue weighted by Crippen LogP contribution is -2.30. The molecule has 5 nitrogen and oxygen atoms in total. The second-order valence-electron chi connectivity index (χ2n) is 4.35. The van der Waals surface area contributed by atoms with Crippen molar-refractivity contribution >= 4 is 11.9 Å². The van der Waals surface area contributed by atoms with Gasteiger partial charge in [0.25, 0.3) is 0 Å². The van der Waals surface area contributed by atoms with Gasteiger partial charge < -0.3 is 15.5 Å². The summed E-state index contributed by atoms with van der Waals surface area (Å²) >= 11 is 0. The van der Waals surface area contributed by atoms with Crippen LogP contribution in [-0.4, -0.2) is 28.6 Å². The van der Waals surface area contributed by atoms with E-state index >= 15 is 0 Å². The number of phenolic OH excluding ortho intramolecular Hbond substituents is 1. The number of aromatic hydroxyl groups is 1. The number of hydrogen-bond donors (Lipinski definition) is 3. The van der Waals surface area contributed by atoms with Gasteiger partial charge in [-0.3, -0.25) is 9.59 Å². The highest BCUT2D eigenvalue weighted by molar-refractivity contribution is 5.78. The Morgan fingerprint density at radius 2 is 2.11 bits per heavy atom. The summed E-state index contributed by atoms with van der Waals surface area (Å²) in [5, 5.41) is 20.5. The van der Waals surface area contributed by atoms with Crippen molar-refractivity contribution in [2.75, 3.05) is 6.54 Å². The highest BCUT2D eigenvalue weighted by Crippen LogP contribution is 2.11. The maximum absolute atomic E-state index is 11.6. The summed E-state index contributed by atoms with van der Waals surface area (Å²) in [6, 6.07) is 6.49. The molecule has 5 heteroatoms. The van der Waals surface area contributed by atoms with E-state index in [0.717, 1.165) is 5.56 Å². The Labute approximate surface area is 105 Å². The summed E-state index contributed by atoms with van der Waals surface area (Å²) < 4.78 is 0. The van der Waals surface area contributed by atoms with Gasteiger partial charge in [-0.25, -0.2) is 0 Å². The van der Waals surface area contributed by atoms with Crippen LogP contribution >= 0.6 is 0 Å². The third-order valence-corrected chi connectivity index (χ3v) is 2.45. The van der Waals surface area contributed by atoms with E-state index in [4.69, 9.17) is 5.11 Å². The van der Waals surface area contributed by atoms with Gasteiger partial charge in [0.2, 0.25) is 5.91 Å². The zero-order valence-electron chi connectivity index (χ0n) is 10.2. The molecule has 0 spiro atoms. The minimum atomic E-state index is -0.871. The summed E-state index contributed by atoms with van der Waals surface area (Å²) in [5.41, 5.74) is 0.721. The molecule has 98 valence electrons. The van der Waals surface area contributed by atoms with Crippen LogP contribution in [0.4, 0.5) is 0 Å². The van der Waals surface area contributed by atoms with Gasteiger partial charge in [-0.2, -0.15) is 0 Å². The Morgan fingerprint density at radius 1 is 1.39 bits per heavy atom. The first kappa shape index (κ1) is 14.0. The van der Waals surface area contributed by atoms with E-state index in [1.54, 1.807) is 19.1 Å². The van der Waals surface area contributed by atoms with Crippen LogP contribution in [0.2, 0.25) is 0 Å². The average molecular weight is 251 g/mol. The quantitative estimate of drug-likeness (QED) is 0.708. The molecule has 1 atom stereocenters.